The molecule has 0 spiro atoms. The standard InChI is InChI=1S/C24H40ClNO/c1-2-3-23-26-24(27)21-19-17-15-13-11-9-7-5-4-6-8-10-12-14-16-18-20-22-25/h4,6-7,9-10,12-13,15H,2-3,5,8,11,14,16-23H2,1H3,(H,26,27)/b6-4-,9-7-,12-10-,15-13-. The maximum atomic E-state index is 11.5. The molecule has 0 heterocycles. The first-order valence-corrected chi connectivity index (χ1v) is 11.3. The Balaban J connectivity index is 3.44. The van der Waals surface area contributed by atoms with Gasteiger partial charge in [0.05, 0.1) is 0 Å². The molecular weight excluding hydrogens is 354 g/mol. The van der Waals surface area contributed by atoms with Gasteiger partial charge in [0.15, 0.2) is 0 Å². The van der Waals surface area contributed by atoms with Crippen LogP contribution in [0, 0.1) is 0 Å². The van der Waals surface area contributed by atoms with Gasteiger partial charge in [-0.3, -0.25) is 4.79 Å². The predicted molar refractivity (Wildman–Crippen MR) is 121 cm³/mol. The summed E-state index contributed by atoms with van der Waals surface area (Å²) in [5.74, 6) is 0.970. The lowest BCUT2D eigenvalue weighted by atomic mass is 10.2. The minimum Gasteiger partial charge on any atom is -0.356 e. The van der Waals surface area contributed by atoms with Crippen LogP contribution in [-0.2, 0) is 4.79 Å². The maximum absolute atomic E-state index is 11.5. The van der Waals surface area contributed by atoms with Crippen LogP contribution in [-0.4, -0.2) is 18.3 Å². The summed E-state index contributed by atoms with van der Waals surface area (Å²) >= 11 is 5.65. The fraction of sp³-hybridized carbons (Fsp3) is 0.625. The minimum atomic E-state index is 0.185. The molecular formula is C24H40ClNO. The van der Waals surface area contributed by atoms with E-state index in [-0.39, 0.29) is 5.91 Å². The summed E-state index contributed by atoms with van der Waals surface area (Å²) < 4.78 is 0. The first-order chi connectivity index (χ1) is 13.3. The Morgan fingerprint density at radius 1 is 0.741 bits per heavy atom. The number of carbonyl (C=O) groups excluding carboxylic acids is 1. The second-order valence-corrected chi connectivity index (χ2v) is 7.10. The molecule has 0 saturated heterocycles. The van der Waals surface area contributed by atoms with E-state index in [1.54, 1.807) is 0 Å². The van der Waals surface area contributed by atoms with Gasteiger partial charge in [0.25, 0.3) is 0 Å². The Morgan fingerprint density at radius 2 is 1.30 bits per heavy atom. The van der Waals surface area contributed by atoms with Crippen molar-refractivity contribution in [3.63, 3.8) is 0 Å². The van der Waals surface area contributed by atoms with Crippen molar-refractivity contribution in [1.29, 1.82) is 0 Å². The van der Waals surface area contributed by atoms with Crippen LogP contribution in [0.5, 0.6) is 0 Å². The second kappa shape index (κ2) is 22.8. The molecule has 2 nitrogen and oxygen atoms in total. The molecule has 0 radical (unpaired) electrons. The van der Waals surface area contributed by atoms with Crippen molar-refractivity contribution in [2.45, 2.75) is 84.0 Å². The van der Waals surface area contributed by atoms with E-state index < -0.39 is 0 Å². The molecule has 0 aliphatic carbocycles. The third-order valence-corrected chi connectivity index (χ3v) is 4.38. The summed E-state index contributed by atoms with van der Waals surface area (Å²) in [7, 11) is 0. The van der Waals surface area contributed by atoms with E-state index in [4.69, 9.17) is 11.6 Å². The zero-order chi connectivity index (χ0) is 19.8. The number of unbranched alkanes of at least 4 members (excludes halogenated alkanes) is 5. The fourth-order valence-corrected chi connectivity index (χ4v) is 2.64. The number of rotatable bonds is 18. The summed E-state index contributed by atoms with van der Waals surface area (Å²) in [4.78, 5) is 11.5. The Kier molecular flexibility index (Phi) is 21.7. The summed E-state index contributed by atoms with van der Waals surface area (Å²) in [6, 6.07) is 0. The third-order valence-electron chi connectivity index (χ3n) is 4.11. The Morgan fingerprint density at radius 3 is 1.85 bits per heavy atom. The molecule has 0 rings (SSSR count). The lowest BCUT2D eigenvalue weighted by molar-refractivity contribution is -0.121. The van der Waals surface area contributed by atoms with Crippen LogP contribution in [0.25, 0.3) is 0 Å². The molecule has 3 heteroatoms. The Hall–Kier alpha value is -1.28. The molecule has 0 aromatic heterocycles. The van der Waals surface area contributed by atoms with Gasteiger partial charge in [-0.2, -0.15) is 0 Å². The van der Waals surface area contributed by atoms with Crippen LogP contribution in [0.15, 0.2) is 48.6 Å². The fourth-order valence-electron chi connectivity index (χ4n) is 2.46. The molecule has 0 aliphatic heterocycles. The average molecular weight is 394 g/mol. The number of allylic oxidation sites excluding steroid dienone is 8. The molecule has 1 N–H and O–H groups in total. The van der Waals surface area contributed by atoms with Gasteiger partial charge >= 0.3 is 0 Å². The first kappa shape index (κ1) is 25.7. The molecule has 0 aromatic rings. The second-order valence-electron chi connectivity index (χ2n) is 6.73. The van der Waals surface area contributed by atoms with Crippen molar-refractivity contribution in [2.75, 3.05) is 12.4 Å². The SMILES string of the molecule is CCCCNC(=O)CCC/C=C\C/C=C\C/C=C\C/C=C\CCCCCCl. The van der Waals surface area contributed by atoms with Gasteiger partial charge in [0.2, 0.25) is 5.91 Å². The highest BCUT2D eigenvalue weighted by molar-refractivity contribution is 6.17. The van der Waals surface area contributed by atoms with E-state index >= 15 is 0 Å². The molecule has 0 aromatic carbocycles. The van der Waals surface area contributed by atoms with Crippen LogP contribution in [0.1, 0.15) is 84.0 Å². The third kappa shape index (κ3) is 22.7. The number of hydrogen-bond donors (Lipinski definition) is 1. The molecule has 0 unspecified atom stereocenters. The van der Waals surface area contributed by atoms with Crippen LogP contribution >= 0.6 is 11.6 Å². The number of halogens is 1. The summed E-state index contributed by atoms with van der Waals surface area (Å²) in [5, 5.41) is 2.95. The number of nitrogens with one attached hydrogen (secondary N) is 1. The molecule has 1 amide bonds. The summed E-state index contributed by atoms with van der Waals surface area (Å²) in [6.07, 6.45) is 30.2. The predicted octanol–water partition coefficient (Wildman–Crippen LogP) is 7.27. The van der Waals surface area contributed by atoms with Gasteiger partial charge in [-0.15, -0.1) is 11.6 Å². The quantitative estimate of drug-likeness (QED) is 0.148. The molecule has 0 aliphatic rings. The van der Waals surface area contributed by atoms with Crippen LogP contribution in [0.2, 0.25) is 0 Å². The van der Waals surface area contributed by atoms with Crippen LogP contribution in [0.4, 0.5) is 0 Å². The molecule has 0 fully saturated rings. The highest BCUT2D eigenvalue weighted by atomic mass is 35.5. The number of carbonyl (C=O) groups is 1. The van der Waals surface area contributed by atoms with Gasteiger partial charge in [-0.05, 0) is 57.8 Å². The van der Waals surface area contributed by atoms with Crippen molar-refractivity contribution >= 4 is 17.5 Å². The van der Waals surface area contributed by atoms with Gasteiger partial charge in [0.1, 0.15) is 0 Å². The van der Waals surface area contributed by atoms with E-state index in [1.165, 1.54) is 19.3 Å². The Labute approximate surface area is 172 Å². The van der Waals surface area contributed by atoms with Crippen molar-refractivity contribution in [3.8, 4) is 0 Å². The van der Waals surface area contributed by atoms with E-state index in [0.29, 0.717) is 6.42 Å². The molecule has 0 saturated carbocycles. The van der Waals surface area contributed by atoms with E-state index in [0.717, 1.165) is 63.8 Å². The summed E-state index contributed by atoms with van der Waals surface area (Å²) in [5.41, 5.74) is 0. The average Bonchev–Trinajstić information content (AvgIpc) is 2.67. The highest BCUT2D eigenvalue weighted by Crippen LogP contribution is 2.03. The minimum absolute atomic E-state index is 0.185. The smallest absolute Gasteiger partial charge is 0.220 e. The van der Waals surface area contributed by atoms with E-state index in [2.05, 4.69) is 60.8 Å². The summed E-state index contributed by atoms with van der Waals surface area (Å²) in [6.45, 7) is 2.95. The molecule has 154 valence electrons. The van der Waals surface area contributed by atoms with Crippen molar-refractivity contribution in [2.24, 2.45) is 0 Å². The van der Waals surface area contributed by atoms with Crippen molar-refractivity contribution in [3.05, 3.63) is 48.6 Å². The maximum Gasteiger partial charge on any atom is 0.220 e. The lowest BCUT2D eigenvalue weighted by Crippen LogP contribution is -2.23. The monoisotopic (exact) mass is 393 g/mol. The van der Waals surface area contributed by atoms with E-state index in [1.807, 2.05) is 0 Å². The highest BCUT2D eigenvalue weighted by Gasteiger charge is 1.97. The van der Waals surface area contributed by atoms with Crippen LogP contribution in [0.3, 0.4) is 0 Å². The molecule has 0 bridgehead atoms. The number of hydrogen-bond acceptors (Lipinski definition) is 1. The topological polar surface area (TPSA) is 29.1 Å². The largest absolute Gasteiger partial charge is 0.356 e. The van der Waals surface area contributed by atoms with Gasteiger partial charge in [-0.1, -0.05) is 68.4 Å². The zero-order valence-electron chi connectivity index (χ0n) is 17.3. The van der Waals surface area contributed by atoms with Crippen molar-refractivity contribution in [1.82, 2.24) is 5.32 Å². The normalized spacial score (nSPS) is 12.2. The van der Waals surface area contributed by atoms with Gasteiger partial charge in [-0.25, -0.2) is 0 Å². The zero-order valence-corrected chi connectivity index (χ0v) is 18.1. The molecule has 27 heavy (non-hydrogen) atoms. The Bertz CT molecular complexity index is 438. The number of alkyl halides is 1. The van der Waals surface area contributed by atoms with Crippen molar-refractivity contribution < 1.29 is 4.79 Å². The van der Waals surface area contributed by atoms with Crippen LogP contribution < -0.4 is 5.32 Å². The lowest BCUT2D eigenvalue weighted by Gasteiger charge is -2.02. The van der Waals surface area contributed by atoms with Gasteiger partial charge < -0.3 is 5.32 Å². The molecule has 0 atom stereocenters. The van der Waals surface area contributed by atoms with E-state index in [9.17, 15) is 4.79 Å². The first-order valence-electron chi connectivity index (χ1n) is 10.7. The number of amides is 1. The van der Waals surface area contributed by atoms with Gasteiger partial charge in [0, 0.05) is 18.8 Å².